The maximum atomic E-state index is 12.7. The smallest absolute Gasteiger partial charge is 0.276 e. The highest BCUT2D eigenvalue weighted by atomic mass is 32.1. The van der Waals surface area contributed by atoms with E-state index in [1.165, 1.54) is 28.2 Å². The summed E-state index contributed by atoms with van der Waals surface area (Å²) in [7, 11) is 0. The van der Waals surface area contributed by atoms with Crippen molar-refractivity contribution in [1.82, 2.24) is 15.2 Å². The van der Waals surface area contributed by atoms with Crippen molar-refractivity contribution >= 4 is 38.8 Å². The van der Waals surface area contributed by atoms with E-state index in [0.29, 0.717) is 16.7 Å². The van der Waals surface area contributed by atoms with Crippen LogP contribution >= 0.6 is 22.7 Å². The number of ether oxygens (including phenoxy) is 2. The molecule has 0 spiro atoms. The first kappa shape index (κ1) is 21.3. The molecule has 2 aliphatic heterocycles. The summed E-state index contributed by atoms with van der Waals surface area (Å²) >= 11 is 2.86. The van der Waals surface area contributed by atoms with Gasteiger partial charge in [0.25, 0.3) is 5.91 Å². The third-order valence-corrected chi connectivity index (χ3v) is 7.54. The standard InChI is InChI=1S/C22H25N5O3S2/c1-2-29-12-14-5-8-27(9-6-14)22-26-25-21(32-22)24-19(28)17-13-31-20(23-17)16-3-4-18-15(11-16)7-10-30-18/h3-4,11,13-14H,2,5-10,12H2,1H3,(H,24,25,28). The third-order valence-electron chi connectivity index (χ3n) is 5.75. The molecule has 10 heteroatoms. The summed E-state index contributed by atoms with van der Waals surface area (Å²) in [5.74, 6) is 1.28. The van der Waals surface area contributed by atoms with Gasteiger partial charge in [-0.3, -0.25) is 10.1 Å². The van der Waals surface area contributed by atoms with Crippen LogP contribution in [0.5, 0.6) is 5.75 Å². The van der Waals surface area contributed by atoms with E-state index in [1.807, 2.05) is 19.1 Å². The van der Waals surface area contributed by atoms with Crippen molar-refractivity contribution in [3.8, 4) is 16.3 Å². The second kappa shape index (κ2) is 9.51. The number of carbonyl (C=O) groups excluding carboxylic acids is 1. The normalized spacial score (nSPS) is 16.1. The van der Waals surface area contributed by atoms with Crippen molar-refractivity contribution in [2.75, 3.05) is 43.1 Å². The minimum absolute atomic E-state index is 0.268. The van der Waals surface area contributed by atoms with Crippen molar-refractivity contribution in [3.05, 3.63) is 34.8 Å². The number of amides is 1. The number of nitrogens with zero attached hydrogens (tertiary/aromatic N) is 4. The van der Waals surface area contributed by atoms with Crippen molar-refractivity contribution in [2.24, 2.45) is 5.92 Å². The Hall–Kier alpha value is -2.56. The highest BCUT2D eigenvalue weighted by molar-refractivity contribution is 7.19. The maximum absolute atomic E-state index is 12.7. The van der Waals surface area contributed by atoms with Crippen LogP contribution in [0.4, 0.5) is 10.3 Å². The largest absolute Gasteiger partial charge is 0.493 e. The molecule has 4 heterocycles. The summed E-state index contributed by atoms with van der Waals surface area (Å²) < 4.78 is 11.1. The molecule has 3 aromatic rings. The fraction of sp³-hybridized carbons (Fsp3) is 0.455. The summed E-state index contributed by atoms with van der Waals surface area (Å²) in [5, 5.41) is 15.2. The number of benzene rings is 1. The fourth-order valence-corrected chi connectivity index (χ4v) is 5.55. The molecule has 0 aliphatic carbocycles. The maximum Gasteiger partial charge on any atom is 0.276 e. The molecule has 0 atom stereocenters. The zero-order valence-corrected chi connectivity index (χ0v) is 19.5. The molecular weight excluding hydrogens is 446 g/mol. The van der Waals surface area contributed by atoms with E-state index in [-0.39, 0.29) is 5.91 Å². The number of carbonyl (C=O) groups is 1. The van der Waals surface area contributed by atoms with Gasteiger partial charge in [-0.2, -0.15) is 0 Å². The van der Waals surface area contributed by atoms with Gasteiger partial charge in [0, 0.05) is 43.7 Å². The highest BCUT2D eigenvalue weighted by Crippen LogP contribution is 2.32. The Morgan fingerprint density at radius 3 is 3.03 bits per heavy atom. The van der Waals surface area contributed by atoms with E-state index < -0.39 is 0 Å². The van der Waals surface area contributed by atoms with Crippen LogP contribution in [0.1, 0.15) is 35.8 Å². The number of fused-ring (bicyclic) bond motifs is 1. The van der Waals surface area contributed by atoms with Gasteiger partial charge in [-0.05, 0) is 49.4 Å². The van der Waals surface area contributed by atoms with E-state index in [0.717, 1.165) is 73.6 Å². The molecule has 2 aliphatic rings. The van der Waals surface area contributed by atoms with Gasteiger partial charge in [0.1, 0.15) is 16.5 Å². The van der Waals surface area contributed by atoms with E-state index in [2.05, 4.69) is 31.5 Å². The average Bonchev–Trinajstić information content (AvgIpc) is 3.58. The Morgan fingerprint density at radius 1 is 1.31 bits per heavy atom. The molecule has 1 aromatic carbocycles. The number of rotatable bonds is 7. The SMILES string of the molecule is CCOCC1CCN(c2nnc(NC(=O)c3csc(-c4ccc5c(c4)CCO5)n3)s2)CC1. The molecule has 1 N–H and O–H groups in total. The summed E-state index contributed by atoms with van der Waals surface area (Å²) in [6.45, 7) is 6.21. The number of hydrogen-bond donors (Lipinski definition) is 1. The van der Waals surface area contributed by atoms with Crippen LogP contribution in [-0.2, 0) is 11.2 Å². The highest BCUT2D eigenvalue weighted by Gasteiger charge is 2.23. The Morgan fingerprint density at radius 2 is 2.19 bits per heavy atom. The van der Waals surface area contributed by atoms with Gasteiger partial charge in [-0.25, -0.2) is 4.98 Å². The summed E-state index contributed by atoms with van der Waals surface area (Å²) in [6.07, 6.45) is 3.07. The molecule has 8 nitrogen and oxygen atoms in total. The lowest BCUT2D eigenvalue weighted by Crippen LogP contribution is -2.35. The van der Waals surface area contributed by atoms with Gasteiger partial charge >= 0.3 is 0 Å². The van der Waals surface area contributed by atoms with Gasteiger partial charge in [0.05, 0.1) is 6.61 Å². The van der Waals surface area contributed by atoms with Crippen LogP contribution in [0, 0.1) is 5.92 Å². The van der Waals surface area contributed by atoms with Gasteiger partial charge < -0.3 is 14.4 Å². The fourth-order valence-electron chi connectivity index (χ4n) is 3.96. The first-order valence-corrected chi connectivity index (χ1v) is 12.6. The van der Waals surface area contributed by atoms with Gasteiger partial charge in [-0.1, -0.05) is 11.3 Å². The third kappa shape index (κ3) is 4.62. The molecule has 1 saturated heterocycles. The van der Waals surface area contributed by atoms with E-state index in [4.69, 9.17) is 9.47 Å². The minimum Gasteiger partial charge on any atom is -0.493 e. The lowest BCUT2D eigenvalue weighted by Gasteiger charge is -2.31. The number of piperidine rings is 1. The molecule has 2 aromatic heterocycles. The molecule has 0 unspecified atom stereocenters. The molecular formula is C22H25N5O3S2. The summed E-state index contributed by atoms with van der Waals surface area (Å²) in [6, 6.07) is 6.05. The Balaban J connectivity index is 1.19. The number of hydrogen-bond acceptors (Lipinski definition) is 9. The second-order valence-electron chi connectivity index (χ2n) is 7.89. The average molecular weight is 472 g/mol. The molecule has 0 saturated carbocycles. The molecule has 168 valence electrons. The van der Waals surface area contributed by atoms with Crippen LogP contribution < -0.4 is 15.0 Å². The Bertz CT molecular complexity index is 1090. The summed E-state index contributed by atoms with van der Waals surface area (Å²) in [5.41, 5.74) is 2.58. The van der Waals surface area contributed by atoms with Crippen LogP contribution in [0.25, 0.3) is 10.6 Å². The molecule has 0 bridgehead atoms. The molecule has 1 fully saturated rings. The zero-order chi connectivity index (χ0) is 21.9. The first-order valence-electron chi connectivity index (χ1n) is 10.9. The topological polar surface area (TPSA) is 89.5 Å². The van der Waals surface area contributed by atoms with Crippen LogP contribution in [0.15, 0.2) is 23.6 Å². The zero-order valence-electron chi connectivity index (χ0n) is 17.9. The number of anilines is 2. The number of aromatic nitrogens is 3. The van der Waals surface area contributed by atoms with E-state index in [1.54, 1.807) is 5.38 Å². The van der Waals surface area contributed by atoms with Crippen LogP contribution in [0.3, 0.4) is 0 Å². The van der Waals surface area contributed by atoms with E-state index >= 15 is 0 Å². The lowest BCUT2D eigenvalue weighted by molar-refractivity contribution is 0.100. The van der Waals surface area contributed by atoms with Crippen molar-refractivity contribution in [1.29, 1.82) is 0 Å². The van der Waals surface area contributed by atoms with Gasteiger partial charge in [-0.15, -0.1) is 21.5 Å². The number of nitrogens with one attached hydrogen (secondary N) is 1. The predicted octanol–water partition coefficient (Wildman–Crippen LogP) is 4.10. The molecule has 32 heavy (non-hydrogen) atoms. The van der Waals surface area contributed by atoms with Gasteiger partial charge in [0.15, 0.2) is 0 Å². The van der Waals surface area contributed by atoms with Gasteiger partial charge in [0.2, 0.25) is 10.3 Å². The molecule has 1 amide bonds. The Labute approximate surface area is 194 Å². The first-order chi connectivity index (χ1) is 15.7. The summed E-state index contributed by atoms with van der Waals surface area (Å²) in [4.78, 5) is 19.5. The van der Waals surface area contributed by atoms with Crippen molar-refractivity contribution in [3.63, 3.8) is 0 Å². The molecule has 5 rings (SSSR count). The van der Waals surface area contributed by atoms with Crippen LogP contribution in [-0.4, -0.2) is 54.0 Å². The predicted molar refractivity (Wildman–Crippen MR) is 126 cm³/mol. The quantitative estimate of drug-likeness (QED) is 0.555. The van der Waals surface area contributed by atoms with Crippen molar-refractivity contribution in [2.45, 2.75) is 26.2 Å². The molecule has 0 radical (unpaired) electrons. The number of thiazole rings is 1. The van der Waals surface area contributed by atoms with Crippen LogP contribution in [0.2, 0.25) is 0 Å². The monoisotopic (exact) mass is 471 g/mol. The second-order valence-corrected chi connectivity index (χ2v) is 9.71. The van der Waals surface area contributed by atoms with E-state index in [9.17, 15) is 4.79 Å². The lowest BCUT2D eigenvalue weighted by atomic mass is 9.98. The Kier molecular flexibility index (Phi) is 6.33. The minimum atomic E-state index is -0.268. The van der Waals surface area contributed by atoms with Crippen molar-refractivity contribution < 1.29 is 14.3 Å².